The Hall–Kier alpha value is -1.40. The molecule has 130 valence electrons. The first kappa shape index (κ1) is 17.4. The van der Waals surface area contributed by atoms with Crippen LogP contribution in [0.25, 0.3) is 5.69 Å². The molecule has 3 rings (SSSR count). The lowest BCUT2D eigenvalue weighted by molar-refractivity contribution is 0.123. The number of likely N-dealkylation sites (tertiary alicyclic amines) is 1. The number of halogens is 1. The van der Waals surface area contributed by atoms with Gasteiger partial charge in [0.1, 0.15) is 5.15 Å². The number of hydrogen-bond donors (Lipinski definition) is 2. The number of aliphatic hydroxyl groups is 1. The standard InChI is InChI=1S/C18H25ClN4O/c1-14-17(12-20-11-16(24)13-22-9-5-6-10-22)18(19)23(21-14)15-7-3-2-4-8-15/h2-4,7-8,16,20,24H,5-6,9-13H2,1H3. The normalized spacial score (nSPS) is 16.6. The second kappa shape index (κ2) is 8.12. The molecule has 1 saturated heterocycles. The Kier molecular flexibility index (Phi) is 5.89. The summed E-state index contributed by atoms with van der Waals surface area (Å²) in [5.74, 6) is 0. The molecule has 1 aromatic heterocycles. The highest BCUT2D eigenvalue weighted by molar-refractivity contribution is 6.30. The van der Waals surface area contributed by atoms with Crippen LogP contribution in [-0.2, 0) is 6.54 Å². The lowest BCUT2D eigenvalue weighted by Crippen LogP contribution is -2.36. The molecule has 1 aliphatic rings. The number of benzene rings is 1. The number of nitrogens with zero attached hydrogens (tertiary/aromatic N) is 3. The van der Waals surface area contributed by atoms with Gasteiger partial charge in [-0.25, -0.2) is 4.68 Å². The fraction of sp³-hybridized carbons (Fsp3) is 0.500. The summed E-state index contributed by atoms with van der Waals surface area (Å²) in [5, 5.41) is 18.6. The zero-order valence-electron chi connectivity index (χ0n) is 14.1. The van der Waals surface area contributed by atoms with E-state index in [2.05, 4.69) is 15.3 Å². The second-order valence-corrected chi connectivity index (χ2v) is 6.75. The highest BCUT2D eigenvalue weighted by Gasteiger charge is 2.17. The van der Waals surface area contributed by atoms with Gasteiger partial charge >= 0.3 is 0 Å². The SMILES string of the molecule is Cc1nn(-c2ccccc2)c(Cl)c1CNCC(O)CN1CCCC1. The number of aryl methyl sites for hydroxylation is 1. The third-order valence-electron chi connectivity index (χ3n) is 4.47. The molecule has 1 unspecified atom stereocenters. The van der Waals surface area contributed by atoms with Gasteiger partial charge in [0, 0.05) is 25.2 Å². The maximum absolute atomic E-state index is 10.2. The van der Waals surface area contributed by atoms with Gasteiger partial charge in [-0.1, -0.05) is 29.8 Å². The molecule has 1 fully saturated rings. The first-order chi connectivity index (χ1) is 11.6. The minimum absolute atomic E-state index is 0.355. The van der Waals surface area contributed by atoms with E-state index in [1.165, 1.54) is 12.8 Å². The van der Waals surface area contributed by atoms with E-state index in [1.54, 1.807) is 4.68 Å². The average molecular weight is 349 g/mol. The van der Waals surface area contributed by atoms with Gasteiger partial charge in [-0.3, -0.25) is 0 Å². The van der Waals surface area contributed by atoms with Crippen LogP contribution in [0.2, 0.25) is 5.15 Å². The van der Waals surface area contributed by atoms with E-state index >= 15 is 0 Å². The molecule has 1 aliphatic heterocycles. The molecule has 0 saturated carbocycles. The van der Waals surface area contributed by atoms with Gasteiger partial charge in [0.05, 0.1) is 17.5 Å². The molecule has 2 heterocycles. The Morgan fingerprint density at radius 1 is 1.25 bits per heavy atom. The number of aliphatic hydroxyl groups excluding tert-OH is 1. The van der Waals surface area contributed by atoms with Crippen molar-refractivity contribution in [3.05, 3.63) is 46.7 Å². The number of β-amino-alcohol motifs (C(OH)–C–C–N with tert-alkyl or cyclic N) is 1. The average Bonchev–Trinajstić information content (AvgIpc) is 3.18. The van der Waals surface area contributed by atoms with Gasteiger partial charge in [0.2, 0.25) is 0 Å². The molecule has 0 radical (unpaired) electrons. The summed E-state index contributed by atoms with van der Waals surface area (Å²) in [4.78, 5) is 2.32. The summed E-state index contributed by atoms with van der Waals surface area (Å²) in [7, 11) is 0. The number of para-hydroxylation sites is 1. The van der Waals surface area contributed by atoms with E-state index < -0.39 is 0 Å². The third kappa shape index (κ3) is 4.16. The summed E-state index contributed by atoms with van der Waals surface area (Å²) >= 11 is 6.51. The van der Waals surface area contributed by atoms with Crippen LogP contribution < -0.4 is 5.32 Å². The molecular formula is C18H25ClN4O. The van der Waals surface area contributed by atoms with Crippen molar-refractivity contribution in [2.24, 2.45) is 0 Å². The van der Waals surface area contributed by atoms with Crippen LogP contribution in [0.5, 0.6) is 0 Å². The highest BCUT2D eigenvalue weighted by Crippen LogP contribution is 2.23. The molecule has 1 atom stereocenters. The Labute approximate surface area is 148 Å². The predicted molar refractivity (Wildman–Crippen MR) is 96.7 cm³/mol. The van der Waals surface area contributed by atoms with Crippen molar-refractivity contribution in [3.63, 3.8) is 0 Å². The van der Waals surface area contributed by atoms with Crippen LogP contribution in [0.3, 0.4) is 0 Å². The van der Waals surface area contributed by atoms with Crippen molar-refractivity contribution in [2.45, 2.75) is 32.4 Å². The minimum atomic E-state index is -0.355. The molecule has 24 heavy (non-hydrogen) atoms. The molecule has 0 bridgehead atoms. The van der Waals surface area contributed by atoms with Crippen molar-refractivity contribution < 1.29 is 5.11 Å². The maximum atomic E-state index is 10.2. The fourth-order valence-electron chi connectivity index (χ4n) is 3.16. The van der Waals surface area contributed by atoms with Gasteiger partial charge in [-0.05, 0) is 45.0 Å². The smallest absolute Gasteiger partial charge is 0.137 e. The quantitative estimate of drug-likeness (QED) is 0.806. The van der Waals surface area contributed by atoms with Crippen molar-refractivity contribution in [1.29, 1.82) is 0 Å². The fourth-order valence-corrected chi connectivity index (χ4v) is 3.50. The van der Waals surface area contributed by atoms with E-state index in [-0.39, 0.29) is 6.10 Å². The molecule has 2 aromatic rings. The summed E-state index contributed by atoms with van der Waals surface area (Å²) in [6.07, 6.45) is 2.13. The zero-order valence-corrected chi connectivity index (χ0v) is 14.8. The Bertz CT molecular complexity index is 653. The minimum Gasteiger partial charge on any atom is -0.390 e. The number of rotatable bonds is 7. The lowest BCUT2D eigenvalue weighted by atomic mass is 10.2. The van der Waals surface area contributed by atoms with E-state index in [9.17, 15) is 5.11 Å². The number of aromatic nitrogens is 2. The monoisotopic (exact) mass is 348 g/mol. The molecule has 0 amide bonds. The highest BCUT2D eigenvalue weighted by atomic mass is 35.5. The number of nitrogens with one attached hydrogen (secondary N) is 1. The first-order valence-corrected chi connectivity index (χ1v) is 8.93. The van der Waals surface area contributed by atoms with Gasteiger partial charge < -0.3 is 15.3 Å². The van der Waals surface area contributed by atoms with Crippen LogP contribution in [0, 0.1) is 6.92 Å². The van der Waals surface area contributed by atoms with Gasteiger partial charge in [-0.15, -0.1) is 0 Å². The summed E-state index contributed by atoms with van der Waals surface area (Å²) in [5.41, 5.74) is 2.84. The Balaban J connectivity index is 1.56. The third-order valence-corrected chi connectivity index (χ3v) is 4.86. The predicted octanol–water partition coefficient (Wildman–Crippen LogP) is 2.38. The van der Waals surface area contributed by atoms with Crippen molar-refractivity contribution in [2.75, 3.05) is 26.2 Å². The van der Waals surface area contributed by atoms with Crippen molar-refractivity contribution in [1.82, 2.24) is 20.0 Å². The molecule has 1 aromatic carbocycles. The van der Waals surface area contributed by atoms with Crippen molar-refractivity contribution >= 4 is 11.6 Å². The Morgan fingerprint density at radius 3 is 2.67 bits per heavy atom. The van der Waals surface area contributed by atoms with E-state index in [0.29, 0.717) is 18.2 Å². The maximum Gasteiger partial charge on any atom is 0.137 e. The molecule has 6 heteroatoms. The van der Waals surface area contributed by atoms with Crippen LogP contribution in [0.15, 0.2) is 30.3 Å². The van der Waals surface area contributed by atoms with E-state index in [1.807, 2.05) is 37.3 Å². The lowest BCUT2D eigenvalue weighted by Gasteiger charge is -2.19. The summed E-state index contributed by atoms with van der Waals surface area (Å²) in [6, 6.07) is 9.87. The van der Waals surface area contributed by atoms with Crippen LogP contribution in [-0.4, -0.2) is 52.1 Å². The zero-order chi connectivity index (χ0) is 16.9. The number of hydrogen-bond acceptors (Lipinski definition) is 4. The molecular weight excluding hydrogens is 324 g/mol. The molecule has 0 spiro atoms. The van der Waals surface area contributed by atoms with E-state index in [4.69, 9.17) is 11.6 Å². The van der Waals surface area contributed by atoms with Gasteiger partial charge in [0.15, 0.2) is 0 Å². The van der Waals surface area contributed by atoms with E-state index in [0.717, 1.165) is 36.6 Å². The van der Waals surface area contributed by atoms with Crippen LogP contribution in [0.4, 0.5) is 0 Å². The molecule has 5 nitrogen and oxygen atoms in total. The molecule has 0 aliphatic carbocycles. The van der Waals surface area contributed by atoms with Crippen molar-refractivity contribution in [3.8, 4) is 5.69 Å². The van der Waals surface area contributed by atoms with Crippen LogP contribution in [0.1, 0.15) is 24.1 Å². The van der Waals surface area contributed by atoms with Crippen LogP contribution >= 0.6 is 11.6 Å². The second-order valence-electron chi connectivity index (χ2n) is 6.39. The first-order valence-electron chi connectivity index (χ1n) is 8.55. The van der Waals surface area contributed by atoms with Gasteiger partial charge in [0.25, 0.3) is 0 Å². The topological polar surface area (TPSA) is 53.3 Å². The largest absolute Gasteiger partial charge is 0.390 e. The van der Waals surface area contributed by atoms with Gasteiger partial charge in [-0.2, -0.15) is 5.10 Å². The summed E-state index contributed by atoms with van der Waals surface area (Å²) < 4.78 is 1.76. The molecule has 2 N–H and O–H groups in total. The summed E-state index contributed by atoms with van der Waals surface area (Å²) in [6.45, 7) is 6.07. The Morgan fingerprint density at radius 2 is 1.96 bits per heavy atom.